The molecule has 0 aliphatic carbocycles. The van der Waals surface area contributed by atoms with Crippen LogP contribution in [0.4, 0.5) is 4.39 Å². The summed E-state index contributed by atoms with van der Waals surface area (Å²) in [6.07, 6.45) is 0.649. The number of hydrogen-bond donors (Lipinski definition) is 1. The normalized spacial score (nSPS) is 12.7. The van der Waals surface area contributed by atoms with Gasteiger partial charge in [0.25, 0.3) is 0 Å². The molecule has 1 nitrogen and oxygen atoms in total. The van der Waals surface area contributed by atoms with Crippen molar-refractivity contribution in [3.8, 4) is 0 Å². The summed E-state index contributed by atoms with van der Waals surface area (Å²) < 4.78 is 13.8. The lowest BCUT2D eigenvalue weighted by molar-refractivity contribution is 0.261. The van der Waals surface area contributed by atoms with Crippen molar-refractivity contribution < 1.29 is 9.50 Å². The molecule has 0 saturated heterocycles. The van der Waals surface area contributed by atoms with Crippen LogP contribution in [0.25, 0.3) is 0 Å². The van der Waals surface area contributed by atoms with Crippen molar-refractivity contribution in [3.05, 3.63) is 71.0 Å². The van der Waals surface area contributed by atoms with E-state index in [1.165, 1.54) is 11.6 Å². The fourth-order valence-electron chi connectivity index (χ4n) is 2.40. The molecule has 1 N–H and O–H groups in total. The topological polar surface area (TPSA) is 20.2 Å². The summed E-state index contributed by atoms with van der Waals surface area (Å²) in [6.45, 7) is 4.27. The Labute approximate surface area is 120 Å². The minimum absolute atomic E-state index is 0.0487. The third kappa shape index (κ3) is 3.45. The van der Waals surface area contributed by atoms with Gasteiger partial charge in [0, 0.05) is 5.92 Å². The molecule has 1 unspecified atom stereocenters. The maximum atomic E-state index is 13.8. The van der Waals surface area contributed by atoms with E-state index in [0.29, 0.717) is 17.9 Å². The second-order valence-corrected chi connectivity index (χ2v) is 5.50. The first kappa shape index (κ1) is 14.7. The maximum absolute atomic E-state index is 13.8. The van der Waals surface area contributed by atoms with E-state index < -0.39 is 0 Å². The molecule has 106 valence electrons. The molecular formula is C18H21FO. The molecule has 2 aromatic rings. The van der Waals surface area contributed by atoms with Crippen molar-refractivity contribution in [2.45, 2.75) is 32.1 Å². The zero-order valence-electron chi connectivity index (χ0n) is 12.0. The van der Waals surface area contributed by atoms with E-state index in [1.54, 1.807) is 12.1 Å². The van der Waals surface area contributed by atoms with Crippen LogP contribution >= 0.6 is 0 Å². The van der Waals surface area contributed by atoms with E-state index in [4.69, 9.17) is 0 Å². The van der Waals surface area contributed by atoms with Gasteiger partial charge >= 0.3 is 0 Å². The van der Waals surface area contributed by atoms with E-state index in [0.717, 1.165) is 5.56 Å². The number of hydrogen-bond acceptors (Lipinski definition) is 1. The molecule has 0 saturated carbocycles. The van der Waals surface area contributed by atoms with Gasteiger partial charge in [0.1, 0.15) is 5.82 Å². The van der Waals surface area contributed by atoms with Gasteiger partial charge in [-0.15, -0.1) is 0 Å². The smallest absolute Gasteiger partial charge is 0.126 e. The summed E-state index contributed by atoms with van der Waals surface area (Å²) in [5, 5.41) is 9.54. The quantitative estimate of drug-likeness (QED) is 0.862. The molecular weight excluding hydrogens is 251 g/mol. The first-order chi connectivity index (χ1) is 9.61. The van der Waals surface area contributed by atoms with Crippen LogP contribution in [0.3, 0.4) is 0 Å². The van der Waals surface area contributed by atoms with Crippen LogP contribution in [-0.2, 0) is 6.42 Å². The zero-order chi connectivity index (χ0) is 14.5. The summed E-state index contributed by atoms with van der Waals surface area (Å²) in [4.78, 5) is 0. The summed E-state index contributed by atoms with van der Waals surface area (Å²) in [5.41, 5.74) is 3.00. The van der Waals surface area contributed by atoms with Gasteiger partial charge in [0.15, 0.2) is 0 Å². The molecule has 2 aromatic carbocycles. The van der Waals surface area contributed by atoms with Gasteiger partial charge in [-0.05, 0) is 35.1 Å². The molecule has 1 atom stereocenters. The van der Waals surface area contributed by atoms with Gasteiger partial charge in [0.05, 0.1) is 6.61 Å². The monoisotopic (exact) mass is 272 g/mol. The van der Waals surface area contributed by atoms with Gasteiger partial charge in [-0.2, -0.15) is 0 Å². The van der Waals surface area contributed by atoms with Gasteiger partial charge in [-0.1, -0.05) is 56.3 Å². The van der Waals surface area contributed by atoms with Crippen LogP contribution in [0.2, 0.25) is 0 Å². The molecule has 20 heavy (non-hydrogen) atoms. The third-order valence-corrected chi connectivity index (χ3v) is 3.69. The van der Waals surface area contributed by atoms with E-state index in [-0.39, 0.29) is 18.3 Å². The fourth-order valence-corrected chi connectivity index (χ4v) is 2.40. The van der Waals surface area contributed by atoms with E-state index in [1.807, 2.05) is 6.07 Å². The van der Waals surface area contributed by atoms with Crippen molar-refractivity contribution in [1.82, 2.24) is 0 Å². The van der Waals surface area contributed by atoms with Crippen LogP contribution in [-0.4, -0.2) is 11.7 Å². The van der Waals surface area contributed by atoms with E-state index in [9.17, 15) is 9.50 Å². The van der Waals surface area contributed by atoms with Crippen LogP contribution in [0.15, 0.2) is 48.5 Å². The lowest BCUT2D eigenvalue weighted by Gasteiger charge is -2.16. The molecule has 2 heteroatoms. The largest absolute Gasteiger partial charge is 0.396 e. The number of rotatable bonds is 5. The van der Waals surface area contributed by atoms with Gasteiger partial charge < -0.3 is 5.11 Å². The Kier molecular flexibility index (Phi) is 4.91. The molecule has 0 spiro atoms. The highest BCUT2D eigenvalue weighted by atomic mass is 19.1. The predicted octanol–water partition coefficient (Wildman–Crippen LogP) is 4.27. The van der Waals surface area contributed by atoms with E-state index in [2.05, 4.69) is 38.1 Å². The van der Waals surface area contributed by atoms with Crippen LogP contribution in [0.5, 0.6) is 0 Å². The van der Waals surface area contributed by atoms with Crippen molar-refractivity contribution in [2.75, 3.05) is 6.61 Å². The lowest BCUT2D eigenvalue weighted by Crippen LogP contribution is -2.09. The van der Waals surface area contributed by atoms with Crippen LogP contribution < -0.4 is 0 Å². The Hall–Kier alpha value is -1.67. The average molecular weight is 272 g/mol. The third-order valence-electron chi connectivity index (χ3n) is 3.69. The van der Waals surface area contributed by atoms with Crippen molar-refractivity contribution in [1.29, 1.82) is 0 Å². The molecule has 0 fully saturated rings. The molecule has 0 aliphatic rings. The SMILES string of the molecule is CC(C)c1ccc(CC(CO)c2ccccc2F)cc1. The molecule has 0 amide bonds. The standard InChI is InChI=1S/C18H21FO/c1-13(2)15-9-7-14(8-10-15)11-16(12-20)17-5-3-4-6-18(17)19/h3-10,13,16,20H,11-12H2,1-2H3. The first-order valence-electron chi connectivity index (χ1n) is 7.06. The molecule has 0 aliphatic heterocycles. The Bertz CT molecular complexity index is 546. The first-order valence-corrected chi connectivity index (χ1v) is 7.06. The molecule has 0 heterocycles. The minimum atomic E-state index is -0.245. The summed E-state index contributed by atoms with van der Waals surface area (Å²) in [6, 6.07) is 15.0. The van der Waals surface area contributed by atoms with Crippen LogP contribution in [0.1, 0.15) is 42.4 Å². The van der Waals surface area contributed by atoms with Crippen molar-refractivity contribution >= 4 is 0 Å². The Balaban J connectivity index is 2.16. The number of halogens is 1. The van der Waals surface area contributed by atoms with Crippen LogP contribution in [0, 0.1) is 5.82 Å². The Morgan fingerprint density at radius 1 is 1.00 bits per heavy atom. The summed E-state index contributed by atoms with van der Waals surface area (Å²) >= 11 is 0. The molecule has 0 bridgehead atoms. The maximum Gasteiger partial charge on any atom is 0.126 e. The summed E-state index contributed by atoms with van der Waals surface area (Å²) in [5.74, 6) is 0.0655. The van der Waals surface area contributed by atoms with Crippen molar-refractivity contribution in [2.24, 2.45) is 0 Å². The Morgan fingerprint density at radius 2 is 1.65 bits per heavy atom. The minimum Gasteiger partial charge on any atom is -0.396 e. The second-order valence-electron chi connectivity index (χ2n) is 5.50. The average Bonchev–Trinajstić information content (AvgIpc) is 2.46. The molecule has 2 rings (SSSR count). The Morgan fingerprint density at radius 3 is 2.20 bits per heavy atom. The number of aliphatic hydroxyl groups is 1. The van der Waals surface area contributed by atoms with Gasteiger partial charge in [0.2, 0.25) is 0 Å². The van der Waals surface area contributed by atoms with Crippen molar-refractivity contribution in [3.63, 3.8) is 0 Å². The highest BCUT2D eigenvalue weighted by molar-refractivity contribution is 5.28. The van der Waals surface area contributed by atoms with Gasteiger partial charge in [-0.3, -0.25) is 0 Å². The second kappa shape index (κ2) is 6.67. The lowest BCUT2D eigenvalue weighted by atomic mass is 9.91. The number of aliphatic hydroxyl groups excluding tert-OH is 1. The number of benzene rings is 2. The predicted molar refractivity (Wildman–Crippen MR) is 80.5 cm³/mol. The highest BCUT2D eigenvalue weighted by Crippen LogP contribution is 2.24. The van der Waals surface area contributed by atoms with E-state index >= 15 is 0 Å². The fraction of sp³-hybridized carbons (Fsp3) is 0.333. The molecule has 0 aromatic heterocycles. The van der Waals surface area contributed by atoms with Gasteiger partial charge in [-0.25, -0.2) is 4.39 Å². The molecule has 0 radical (unpaired) electrons. The highest BCUT2D eigenvalue weighted by Gasteiger charge is 2.15. The summed E-state index contributed by atoms with van der Waals surface area (Å²) in [7, 11) is 0. The zero-order valence-corrected chi connectivity index (χ0v) is 12.0.